The van der Waals surface area contributed by atoms with Crippen molar-refractivity contribution in [1.29, 1.82) is 0 Å². The number of esters is 1. The Kier molecular flexibility index (Phi) is 9.83. The number of ether oxygens (including phenoxy) is 4. The molecule has 1 aliphatic carbocycles. The third-order valence-electron chi connectivity index (χ3n) is 6.55. The summed E-state index contributed by atoms with van der Waals surface area (Å²) in [7, 11) is 3.18. The lowest BCUT2D eigenvalue weighted by Crippen LogP contribution is -2.40. The minimum atomic E-state index is -0.669. The summed E-state index contributed by atoms with van der Waals surface area (Å²) in [5.74, 6) is 0.591. The minimum absolute atomic E-state index is 0.00390. The number of benzene rings is 1. The molecule has 1 aliphatic heterocycles. The number of likely N-dealkylation sites (tertiary alicyclic amines) is 1. The number of alkyl carbamates (subject to hydrolysis) is 1. The summed E-state index contributed by atoms with van der Waals surface area (Å²) in [5.41, 5.74) is 0.215. The molecule has 1 saturated carbocycles. The van der Waals surface area contributed by atoms with Gasteiger partial charge in [0.15, 0.2) is 0 Å². The predicted molar refractivity (Wildman–Crippen MR) is 138 cm³/mol. The zero-order chi connectivity index (χ0) is 27.0. The van der Waals surface area contributed by atoms with Crippen molar-refractivity contribution in [3.05, 3.63) is 35.9 Å². The summed E-state index contributed by atoms with van der Waals surface area (Å²) >= 11 is 0. The lowest BCUT2D eigenvalue weighted by molar-refractivity contribution is -0.142. The highest BCUT2D eigenvalue weighted by molar-refractivity contribution is 5.83. The number of nitrogens with one attached hydrogen (secondary N) is 1. The summed E-state index contributed by atoms with van der Waals surface area (Å²) in [6.45, 7) is 6.34. The van der Waals surface area contributed by atoms with Crippen molar-refractivity contribution in [1.82, 2.24) is 10.2 Å². The average molecular weight is 517 g/mol. The topological polar surface area (TPSA) is 103 Å². The number of hydrogen-bond acceptors (Lipinski definition) is 7. The number of nitrogens with zero attached hydrogens (tertiary/aromatic N) is 1. The smallest absolute Gasteiger partial charge is 0.408 e. The molecule has 1 saturated heterocycles. The van der Waals surface area contributed by atoms with E-state index in [1.807, 2.05) is 12.1 Å². The summed E-state index contributed by atoms with van der Waals surface area (Å²) in [5, 5.41) is 2.81. The number of methoxy groups -OCH3 is 2. The van der Waals surface area contributed by atoms with E-state index < -0.39 is 23.7 Å². The van der Waals surface area contributed by atoms with Gasteiger partial charge in [0.1, 0.15) is 23.2 Å². The summed E-state index contributed by atoms with van der Waals surface area (Å²) in [6, 6.07) is 4.97. The molecule has 1 aromatic rings. The molecule has 0 bridgehead atoms. The molecule has 0 unspecified atom stereocenters. The van der Waals surface area contributed by atoms with Crippen molar-refractivity contribution in [2.45, 2.75) is 83.6 Å². The zero-order valence-corrected chi connectivity index (χ0v) is 22.6. The Morgan fingerprint density at radius 3 is 2.51 bits per heavy atom. The van der Waals surface area contributed by atoms with Crippen molar-refractivity contribution in [3.8, 4) is 11.5 Å². The van der Waals surface area contributed by atoms with Crippen molar-refractivity contribution >= 4 is 18.0 Å². The fourth-order valence-electron chi connectivity index (χ4n) is 4.72. The SMILES string of the molecule is COc1ccc(CN2CC[C@H](C[C@@H](C=CC(=O)OC3CCCC3)NC(=O)OC(C)(C)C)C2=O)c(OC)c1. The van der Waals surface area contributed by atoms with Gasteiger partial charge in [0.25, 0.3) is 0 Å². The maximum atomic E-state index is 13.3. The van der Waals surface area contributed by atoms with Gasteiger partial charge in [-0.15, -0.1) is 0 Å². The third-order valence-corrected chi connectivity index (χ3v) is 6.55. The minimum Gasteiger partial charge on any atom is -0.497 e. The molecule has 1 aromatic carbocycles. The van der Waals surface area contributed by atoms with E-state index in [0.29, 0.717) is 37.4 Å². The highest BCUT2D eigenvalue weighted by atomic mass is 16.6. The van der Waals surface area contributed by atoms with Crippen LogP contribution in [0, 0.1) is 5.92 Å². The van der Waals surface area contributed by atoms with E-state index in [1.165, 1.54) is 6.08 Å². The van der Waals surface area contributed by atoms with Gasteiger partial charge in [-0.2, -0.15) is 0 Å². The molecule has 3 rings (SSSR count). The molecule has 37 heavy (non-hydrogen) atoms. The molecule has 2 aliphatic rings. The Hall–Kier alpha value is -3.23. The molecule has 9 nitrogen and oxygen atoms in total. The molecule has 204 valence electrons. The van der Waals surface area contributed by atoms with E-state index in [9.17, 15) is 14.4 Å². The lowest BCUT2D eigenvalue weighted by atomic mass is 9.98. The molecule has 2 fully saturated rings. The lowest BCUT2D eigenvalue weighted by Gasteiger charge is -2.24. The van der Waals surface area contributed by atoms with Gasteiger partial charge in [0.05, 0.1) is 20.3 Å². The fraction of sp³-hybridized carbons (Fsp3) is 0.607. The van der Waals surface area contributed by atoms with Crippen LogP contribution in [0.1, 0.15) is 64.9 Å². The maximum absolute atomic E-state index is 13.3. The van der Waals surface area contributed by atoms with Gasteiger partial charge in [0.2, 0.25) is 5.91 Å². The molecule has 0 spiro atoms. The average Bonchev–Trinajstić information content (AvgIpc) is 3.47. The summed E-state index contributed by atoms with van der Waals surface area (Å²) in [4.78, 5) is 39.8. The quantitative estimate of drug-likeness (QED) is 0.364. The van der Waals surface area contributed by atoms with Gasteiger partial charge in [-0.25, -0.2) is 9.59 Å². The second-order valence-corrected chi connectivity index (χ2v) is 10.6. The first-order valence-corrected chi connectivity index (χ1v) is 13.0. The van der Waals surface area contributed by atoms with Crippen LogP contribution in [-0.4, -0.2) is 61.4 Å². The van der Waals surface area contributed by atoms with Gasteiger partial charge in [-0.1, -0.05) is 6.08 Å². The molecule has 0 aromatic heterocycles. The molecule has 1 heterocycles. The van der Waals surface area contributed by atoms with Crippen LogP contribution in [-0.2, 0) is 25.6 Å². The van der Waals surface area contributed by atoms with Gasteiger partial charge in [-0.05, 0) is 71.4 Å². The fourth-order valence-corrected chi connectivity index (χ4v) is 4.72. The number of hydrogen-bond donors (Lipinski definition) is 1. The number of rotatable bonds is 10. The molecular weight excluding hydrogens is 476 g/mol. The Labute approximate surface area is 219 Å². The van der Waals surface area contributed by atoms with Gasteiger partial charge in [-0.3, -0.25) is 4.79 Å². The standard InChI is InChI=1S/C28H40N2O7/c1-28(2,3)37-27(33)29-21(11-13-25(31)36-22-8-6-7-9-22)16-19-14-15-30(26(19)32)18-20-10-12-23(34-4)17-24(20)35-5/h10-13,17,19,21-22H,6-9,14-16,18H2,1-5H3,(H,29,33)/t19-,21-/m1/s1. The van der Waals surface area contributed by atoms with Crippen molar-refractivity contribution in [2.75, 3.05) is 20.8 Å². The summed E-state index contributed by atoms with van der Waals surface area (Å²) < 4.78 is 21.6. The van der Waals surface area contributed by atoms with Crippen LogP contribution in [0.3, 0.4) is 0 Å². The molecule has 2 atom stereocenters. The van der Waals surface area contributed by atoms with E-state index in [2.05, 4.69) is 5.32 Å². The second-order valence-electron chi connectivity index (χ2n) is 10.6. The monoisotopic (exact) mass is 516 g/mol. The van der Waals surface area contributed by atoms with Crippen LogP contribution in [0.4, 0.5) is 4.79 Å². The number of amides is 2. The largest absolute Gasteiger partial charge is 0.497 e. The molecule has 0 radical (unpaired) electrons. The van der Waals surface area contributed by atoms with Crippen molar-refractivity contribution in [3.63, 3.8) is 0 Å². The Balaban J connectivity index is 1.65. The molecule has 1 N–H and O–H groups in total. The zero-order valence-electron chi connectivity index (χ0n) is 22.6. The van der Waals surface area contributed by atoms with Crippen LogP contribution in [0.5, 0.6) is 11.5 Å². The van der Waals surface area contributed by atoms with Gasteiger partial charge >= 0.3 is 12.1 Å². The van der Waals surface area contributed by atoms with Crippen LogP contribution in [0.15, 0.2) is 30.4 Å². The predicted octanol–water partition coefficient (Wildman–Crippen LogP) is 4.38. The molecular formula is C28H40N2O7. The van der Waals surface area contributed by atoms with E-state index in [0.717, 1.165) is 31.2 Å². The van der Waals surface area contributed by atoms with Crippen LogP contribution in [0.25, 0.3) is 0 Å². The number of carbonyl (C=O) groups excluding carboxylic acids is 3. The van der Waals surface area contributed by atoms with E-state index in [1.54, 1.807) is 52.0 Å². The van der Waals surface area contributed by atoms with E-state index in [-0.39, 0.29) is 17.9 Å². The van der Waals surface area contributed by atoms with Crippen LogP contribution >= 0.6 is 0 Å². The first kappa shape index (κ1) is 28.3. The third kappa shape index (κ3) is 8.68. The first-order chi connectivity index (χ1) is 17.6. The number of carbonyl (C=O) groups is 3. The first-order valence-electron chi connectivity index (χ1n) is 13.0. The van der Waals surface area contributed by atoms with Crippen LogP contribution in [0.2, 0.25) is 0 Å². The van der Waals surface area contributed by atoms with Crippen LogP contribution < -0.4 is 14.8 Å². The van der Waals surface area contributed by atoms with Crippen molar-refractivity contribution in [2.24, 2.45) is 5.92 Å². The van der Waals surface area contributed by atoms with Gasteiger partial charge < -0.3 is 29.2 Å². The maximum Gasteiger partial charge on any atom is 0.408 e. The summed E-state index contributed by atoms with van der Waals surface area (Å²) in [6.07, 6.45) is 7.18. The Morgan fingerprint density at radius 1 is 1.14 bits per heavy atom. The van der Waals surface area contributed by atoms with Crippen molar-refractivity contribution < 1.29 is 33.3 Å². The second kappa shape index (κ2) is 12.8. The molecule has 9 heteroatoms. The highest BCUT2D eigenvalue weighted by Crippen LogP contribution is 2.30. The van der Waals surface area contributed by atoms with Gasteiger partial charge in [0, 0.05) is 36.7 Å². The Bertz CT molecular complexity index is 979. The Morgan fingerprint density at radius 2 is 1.86 bits per heavy atom. The molecule has 2 amide bonds. The van der Waals surface area contributed by atoms with E-state index in [4.69, 9.17) is 18.9 Å². The highest BCUT2D eigenvalue weighted by Gasteiger charge is 2.34. The normalized spacial score (nSPS) is 19.2. The van der Waals surface area contributed by atoms with E-state index >= 15 is 0 Å².